The zero-order valence-corrected chi connectivity index (χ0v) is 11.1. The van der Waals surface area contributed by atoms with Gasteiger partial charge in [0.2, 0.25) is 0 Å². The lowest BCUT2D eigenvalue weighted by Crippen LogP contribution is -2.35. The normalized spacial score (nSPS) is 20.1. The topological polar surface area (TPSA) is 56.2 Å². The average molecular weight is 251 g/mol. The van der Waals surface area contributed by atoms with Crippen molar-refractivity contribution in [3.05, 3.63) is 18.0 Å². The van der Waals surface area contributed by atoms with Crippen LogP contribution in [0.2, 0.25) is 0 Å². The van der Waals surface area contributed by atoms with Gasteiger partial charge in [-0.1, -0.05) is 0 Å². The quantitative estimate of drug-likeness (QED) is 0.887. The molecule has 5 nitrogen and oxygen atoms in total. The summed E-state index contributed by atoms with van der Waals surface area (Å²) in [5.41, 5.74) is 0.472. The third-order valence-corrected chi connectivity index (χ3v) is 3.13. The zero-order chi connectivity index (χ0) is 13.0. The van der Waals surface area contributed by atoms with Crippen molar-refractivity contribution in [2.24, 2.45) is 0 Å². The Hall–Kier alpha value is -1.36. The summed E-state index contributed by atoms with van der Waals surface area (Å²) in [6, 6.07) is 2.02. The number of nitrogens with zero attached hydrogens (tertiary/aromatic N) is 2. The first-order valence-corrected chi connectivity index (χ1v) is 6.62. The minimum atomic E-state index is -0.122. The minimum Gasteiger partial charge on any atom is -0.376 e. The van der Waals surface area contributed by atoms with Crippen LogP contribution >= 0.6 is 0 Å². The third kappa shape index (κ3) is 3.32. The number of carbonyl (C=O) groups excluding carboxylic acids is 1. The van der Waals surface area contributed by atoms with Crippen molar-refractivity contribution in [1.82, 2.24) is 15.1 Å². The van der Waals surface area contributed by atoms with Crippen molar-refractivity contribution < 1.29 is 9.53 Å². The smallest absolute Gasteiger partial charge is 0.271 e. The van der Waals surface area contributed by atoms with Gasteiger partial charge in [-0.2, -0.15) is 5.10 Å². The van der Waals surface area contributed by atoms with Crippen LogP contribution < -0.4 is 5.32 Å². The second kappa shape index (κ2) is 6.00. The number of hydrogen-bond acceptors (Lipinski definition) is 3. The highest BCUT2D eigenvalue weighted by molar-refractivity contribution is 5.92. The molecule has 1 saturated heterocycles. The molecule has 1 aromatic heterocycles. The van der Waals surface area contributed by atoms with Crippen molar-refractivity contribution in [2.75, 3.05) is 13.2 Å². The monoisotopic (exact) mass is 251 g/mol. The molecule has 0 spiro atoms. The van der Waals surface area contributed by atoms with Crippen molar-refractivity contribution in [1.29, 1.82) is 0 Å². The number of nitrogens with one attached hydrogen (secondary N) is 1. The molecule has 1 aliphatic rings. The van der Waals surface area contributed by atoms with Crippen LogP contribution in [0.3, 0.4) is 0 Å². The molecule has 1 aromatic rings. The Morgan fingerprint density at radius 1 is 1.61 bits per heavy atom. The standard InChI is InChI=1S/C13H21N3O2/c1-10(2)16-7-6-12(15-16)13(17)14-9-11-5-3-4-8-18-11/h6-7,10-11H,3-5,8-9H2,1-2H3,(H,14,17). The van der Waals surface area contributed by atoms with E-state index in [9.17, 15) is 4.79 Å². The first-order chi connectivity index (χ1) is 8.66. The van der Waals surface area contributed by atoms with Crippen LogP contribution in [-0.4, -0.2) is 34.9 Å². The zero-order valence-electron chi connectivity index (χ0n) is 11.1. The van der Waals surface area contributed by atoms with Gasteiger partial charge in [-0.25, -0.2) is 0 Å². The van der Waals surface area contributed by atoms with E-state index < -0.39 is 0 Å². The van der Waals surface area contributed by atoms with Crippen LogP contribution in [-0.2, 0) is 4.74 Å². The van der Waals surface area contributed by atoms with Crippen LogP contribution in [0.4, 0.5) is 0 Å². The number of amides is 1. The van der Waals surface area contributed by atoms with Gasteiger partial charge in [0.15, 0.2) is 0 Å². The lowest BCUT2D eigenvalue weighted by Gasteiger charge is -2.22. The summed E-state index contributed by atoms with van der Waals surface area (Å²) in [4.78, 5) is 11.9. The molecule has 0 aliphatic carbocycles. The molecule has 0 bridgehead atoms. The van der Waals surface area contributed by atoms with E-state index >= 15 is 0 Å². The second-order valence-electron chi connectivity index (χ2n) is 4.97. The van der Waals surface area contributed by atoms with E-state index in [1.165, 1.54) is 6.42 Å². The average Bonchev–Trinajstić information content (AvgIpc) is 2.87. The number of carbonyl (C=O) groups is 1. The van der Waals surface area contributed by atoms with Crippen LogP contribution in [0, 0.1) is 0 Å². The van der Waals surface area contributed by atoms with Crippen LogP contribution in [0.15, 0.2) is 12.3 Å². The van der Waals surface area contributed by atoms with Gasteiger partial charge in [0.05, 0.1) is 6.10 Å². The Bertz CT molecular complexity index is 395. The summed E-state index contributed by atoms with van der Waals surface area (Å²) in [6.45, 7) is 5.45. The fourth-order valence-corrected chi connectivity index (χ4v) is 2.01. The fraction of sp³-hybridized carbons (Fsp3) is 0.692. The van der Waals surface area contributed by atoms with Gasteiger partial charge in [-0.05, 0) is 39.2 Å². The Morgan fingerprint density at radius 2 is 2.44 bits per heavy atom. The van der Waals surface area contributed by atoms with Crippen LogP contribution in [0.25, 0.3) is 0 Å². The summed E-state index contributed by atoms with van der Waals surface area (Å²) >= 11 is 0. The van der Waals surface area contributed by atoms with E-state index in [1.54, 1.807) is 10.7 Å². The molecule has 1 fully saturated rings. The fourth-order valence-electron chi connectivity index (χ4n) is 2.01. The van der Waals surface area contributed by atoms with Crippen molar-refractivity contribution in [3.8, 4) is 0 Å². The number of hydrogen-bond donors (Lipinski definition) is 1. The first-order valence-electron chi connectivity index (χ1n) is 6.62. The molecule has 100 valence electrons. The van der Waals surface area contributed by atoms with Gasteiger partial charge in [-0.3, -0.25) is 9.48 Å². The molecule has 0 aromatic carbocycles. The SMILES string of the molecule is CC(C)n1ccc(C(=O)NCC2CCCCO2)n1. The molecule has 1 amide bonds. The molecule has 18 heavy (non-hydrogen) atoms. The molecule has 2 heterocycles. The van der Waals surface area contributed by atoms with Gasteiger partial charge in [0.25, 0.3) is 5.91 Å². The first kappa shape index (κ1) is 13.1. The summed E-state index contributed by atoms with van der Waals surface area (Å²) in [5.74, 6) is -0.122. The Morgan fingerprint density at radius 3 is 3.06 bits per heavy atom. The maximum atomic E-state index is 11.9. The molecule has 0 radical (unpaired) electrons. The lowest BCUT2D eigenvalue weighted by atomic mass is 10.1. The van der Waals surface area contributed by atoms with E-state index in [2.05, 4.69) is 10.4 Å². The largest absolute Gasteiger partial charge is 0.376 e. The molecule has 0 saturated carbocycles. The number of rotatable bonds is 4. The van der Waals surface area contributed by atoms with E-state index in [0.29, 0.717) is 12.2 Å². The number of aromatic nitrogens is 2. The van der Waals surface area contributed by atoms with E-state index in [-0.39, 0.29) is 18.1 Å². The van der Waals surface area contributed by atoms with E-state index in [4.69, 9.17) is 4.74 Å². The molecule has 2 rings (SSSR count). The molecule has 5 heteroatoms. The van der Waals surface area contributed by atoms with Gasteiger partial charge in [0, 0.05) is 25.4 Å². The Labute approximate surface area is 108 Å². The molecular formula is C13H21N3O2. The molecule has 1 N–H and O–H groups in total. The van der Waals surface area contributed by atoms with Crippen molar-refractivity contribution >= 4 is 5.91 Å². The van der Waals surface area contributed by atoms with Gasteiger partial charge in [-0.15, -0.1) is 0 Å². The van der Waals surface area contributed by atoms with Crippen molar-refractivity contribution in [3.63, 3.8) is 0 Å². The number of ether oxygens (including phenoxy) is 1. The maximum absolute atomic E-state index is 11.9. The van der Waals surface area contributed by atoms with Crippen molar-refractivity contribution in [2.45, 2.75) is 45.3 Å². The lowest BCUT2D eigenvalue weighted by molar-refractivity contribution is 0.0168. The molecule has 1 atom stereocenters. The summed E-state index contributed by atoms with van der Waals surface area (Å²) in [6.07, 6.45) is 5.33. The van der Waals surface area contributed by atoms with Gasteiger partial charge in [0.1, 0.15) is 5.69 Å². The highest BCUT2D eigenvalue weighted by atomic mass is 16.5. The second-order valence-corrected chi connectivity index (χ2v) is 4.97. The predicted octanol–water partition coefficient (Wildman–Crippen LogP) is 1.76. The Kier molecular flexibility index (Phi) is 4.36. The highest BCUT2D eigenvalue weighted by Gasteiger charge is 2.16. The summed E-state index contributed by atoms with van der Waals surface area (Å²) in [7, 11) is 0. The third-order valence-electron chi connectivity index (χ3n) is 3.13. The van der Waals surface area contributed by atoms with E-state index in [0.717, 1.165) is 19.4 Å². The summed E-state index contributed by atoms with van der Waals surface area (Å²) in [5, 5.41) is 7.12. The van der Waals surface area contributed by atoms with Gasteiger partial charge < -0.3 is 10.1 Å². The van der Waals surface area contributed by atoms with Crippen LogP contribution in [0.1, 0.15) is 49.6 Å². The predicted molar refractivity (Wildman–Crippen MR) is 68.5 cm³/mol. The Balaban J connectivity index is 1.83. The molecule has 1 aliphatic heterocycles. The molecule has 1 unspecified atom stereocenters. The summed E-state index contributed by atoms with van der Waals surface area (Å²) < 4.78 is 7.35. The van der Waals surface area contributed by atoms with E-state index in [1.807, 2.05) is 20.0 Å². The van der Waals surface area contributed by atoms with Crippen LogP contribution in [0.5, 0.6) is 0 Å². The van der Waals surface area contributed by atoms with Gasteiger partial charge >= 0.3 is 0 Å². The maximum Gasteiger partial charge on any atom is 0.271 e. The molecular weight excluding hydrogens is 230 g/mol. The highest BCUT2D eigenvalue weighted by Crippen LogP contribution is 2.11. The minimum absolute atomic E-state index is 0.122.